The lowest BCUT2D eigenvalue weighted by molar-refractivity contribution is 0.0199. The Morgan fingerprint density at radius 2 is 1.86 bits per heavy atom. The summed E-state index contributed by atoms with van der Waals surface area (Å²) in [6, 6.07) is 7.50. The summed E-state index contributed by atoms with van der Waals surface area (Å²) < 4.78 is 34.6. The van der Waals surface area contributed by atoms with E-state index in [1.807, 2.05) is 24.3 Å². The van der Waals surface area contributed by atoms with Gasteiger partial charge in [-0.15, -0.1) is 0 Å². The van der Waals surface area contributed by atoms with Crippen LogP contribution in [-0.4, -0.2) is 70.3 Å². The van der Waals surface area contributed by atoms with E-state index in [-0.39, 0.29) is 23.6 Å². The van der Waals surface area contributed by atoms with E-state index in [4.69, 9.17) is 9.47 Å². The molecule has 0 bridgehead atoms. The van der Waals surface area contributed by atoms with Crippen LogP contribution >= 0.6 is 0 Å². The van der Waals surface area contributed by atoms with Crippen molar-refractivity contribution >= 4 is 15.5 Å². The molecule has 2 fully saturated rings. The van der Waals surface area contributed by atoms with Gasteiger partial charge in [0.25, 0.3) is 0 Å². The number of anilines is 1. The molecule has 2 aliphatic heterocycles. The smallest absolute Gasteiger partial charge is 0.153 e. The molecule has 2 saturated heterocycles. The summed E-state index contributed by atoms with van der Waals surface area (Å²) in [5.41, 5.74) is 0.918. The normalized spacial score (nSPS) is 28.4. The molecule has 2 aliphatic rings. The van der Waals surface area contributed by atoms with Crippen LogP contribution in [0, 0.1) is 0 Å². The second kappa shape index (κ2) is 6.44. The highest BCUT2D eigenvalue weighted by Gasteiger charge is 2.41. The molecule has 0 saturated carbocycles. The highest BCUT2D eigenvalue weighted by molar-refractivity contribution is 7.91. The molecule has 122 valence electrons. The van der Waals surface area contributed by atoms with Crippen molar-refractivity contribution in [3.05, 3.63) is 24.3 Å². The number of methoxy groups -OCH3 is 1. The zero-order chi connectivity index (χ0) is 15.6. The van der Waals surface area contributed by atoms with Gasteiger partial charge in [-0.05, 0) is 24.3 Å². The lowest BCUT2D eigenvalue weighted by atomic mass is 10.1. The Hall–Kier alpha value is -1.31. The fourth-order valence-electron chi connectivity index (χ4n) is 3.14. The maximum Gasteiger partial charge on any atom is 0.153 e. The van der Waals surface area contributed by atoms with Gasteiger partial charge in [-0.25, -0.2) is 8.42 Å². The van der Waals surface area contributed by atoms with Crippen LogP contribution in [0.5, 0.6) is 5.75 Å². The van der Waals surface area contributed by atoms with Crippen LogP contribution in [0.2, 0.25) is 0 Å². The van der Waals surface area contributed by atoms with Crippen molar-refractivity contribution in [1.29, 1.82) is 0 Å². The van der Waals surface area contributed by atoms with Gasteiger partial charge in [-0.1, -0.05) is 0 Å². The number of sulfone groups is 1. The van der Waals surface area contributed by atoms with Gasteiger partial charge in [-0.2, -0.15) is 0 Å². The van der Waals surface area contributed by atoms with Crippen molar-refractivity contribution in [2.75, 3.05) is 50.2 Å². The van der Waals surface area contributed by atoms with E-state index >= 15 is 0 Å². The van der Waals surface area contributed by atoms with Crippen LogP contribution in [0.1, 0.15) is 0 Å². The Morgan fingerprint density at radius 3 is 2.50 bits per heavy atom. The zero-order valence-corrected chi connectivity index (χ0v) is 13.5. The van der Waals surface area contributed by atoms with Gasteiger partial charge >= 0.3 is 0 Å². The Labute approximate surface area is 131 Å². The first-order valence-corrected chi connectivity index (χ1v) is 9.32. The van der Waals surface area contributed by atoms with Crippen molar-refractivity contribution in [2.45, 2.75) is 12.1 Å². The minimum absolute atomic E-state index is 0.0102. The number of nitrogens with zero attached hydrogens (tertiary/aromatic N) is 1. The molecule has 22 heavy (non-hydrogen) atoms. The van der Waals surface area contributed by atoms with Crippen LogP contribution < -0.4 is 10.1 Å². The molecule has 0 amide bonds. The largest absolute Gasteiger partial charge is 0.497 e. The topological polar surface area (TPSA) is 67.9 Å². The molecule has 7 heteroatoms. The number of nitrogens with one attached hydrogen (secondary N) is 1. The SMILES string of the molecule is COc1ccc(NC2CS(=O)(=O)CC2N2CCOCC2)cc1. The highest BCUT2D eigenvalue weighted by Crippen LogP contribution is 2.24. The number of morpholine rings is 1. The summed E-state index contributed by atoms with van der Waals surface area (Å²) in [6.07, 6.45) is 0. The van der Waals surface area contributed by atoms with E-state index in [0.717, 1.165) is 24.5 Å². The monoisotopic (exact) mass is 326 g/mol. The van der Waals surface area contributed by atoms with Gasteiger partial charge in [0.15, 0.2) is 9.84 Å². The summed E-state index contributed by atoms with van der Waals surface area (Å²) in [6.45, 7) is 2.93. The minimum Gasteiger partial charge on any atom is -0.497 e. The van der Waals surface area contributed by atoms with Crippen LogP contribution in [0.15, 0.2) is 24.3 Å². The number of benzene rings is 1. The average molecular weight is 326 g/mol. The van der Waals surface area contributed by atoms with E-state index < -0.39 is 9.84 Å². The summed E-state index contributed by atoms with van der Waals surface area (Å²) in [5, 5.41) is 3.38. The predicted octanol–water partition coefficient (Wildman–Crippen LogP) is 0.605. The lowest BCUT2D eigenvalue weighted by Crippen LogP contribution is -2.50. The van der Waals surface area contributed by atoms with Gasteiger partial charge in [0.1, 0.15) is 5.75 Å². The summed E-state index contributed by atoms with van der Waals surface area (Å²) >= 11 is 0. The fraction of sp³-hybridized carbons (Fsp3) is 0.600. The van der Waals surface area contributed by atoms with Crippen LogP contribution in [0.4, 0.5) is 5.69 Å². The molecule has 1 N–H and O–H groups in total. The van der Waals surface area contributed by atoms with Crippen molar-refractivity contribution in [1.82, 2.24) is 4.90 Å². The Kier molecular flexibility index (Phi) is 4.56. The van der Waals surface area contributed by atoms with Gasteiger partial charge in [-0.3, -0.25) is 4.90 Å². The molecular formula is C15H22N2O4S. The third kappa shape index (κ3) is 3.53. The van der Waals surface area contributed by atoms with E-state index in [2.05, 4.69) is 10.2 Å². The second-order valence-corrected chi connectivity index (χ2v) is 7.93. The minimum atomic E-state index is -3.00. The fourth-order valence-corrected chi connectivity index (χ4v) is 5.09. The van der Waals surface area contributed by atoms with Crippen molar-refractivity contribution in [3.63, 3.8) is 0 Å². The molecule has 2 unspecified atom stereocenters. The van der Waals surface area contributed by atoms with Gasteiger partial charge in [0.2, 0.25) is 0 Å². The predicted molar refractivity (Wildman–Crippen MR) is 85.2 cm³/mol. The number of hydrogen-bond acceptors (Lipinski definition) is 6. The number of ether oxygens (including phenoxy) is 2. The van der Waals surface area contributed by atoms with E-state index in [1.165, 1.54) is 0 Å². The zero-order valence-electron chi connectivity index (χ0n) is 12.7. The van der Waals surface area contributed by atoms with E-state index in [0.29, 0.717) is 13.2 Å². The number of rotatable bonds is 4. The molecule has 2 atom stereocenters. The van der Waals surface area contributed by atoms with Gasteiger partial charge in [0.05, 0.1) is 37.9 Å². The van der Waals surface area contributed by atoms with Gasteiger partial charge in [0, 0.05) is 24.8 Å². The van der Waals surface area contributed by atoms with E-state index in [9.17, 15) is 8.42 Å². The van der Waals surface area contributed by atoms with Crippen LogP contribution in [0.3, 0.4) is 0 Å². The summed E-state index contributed by atoms with van der Waals surface area (Å²) in [4.78, 5) is 2.23. The van der Waals surface area contributed by atoms with Crippen LogP contribution in [-0.2, 0) is 14.6 Å². The molecule has 1 aromatic carbocycles. The van der Waals surface area contributed by atoms with E-state index in [1.54, 1.807) is 7.11 Å². The van der Waals surface area contributed by atoms with Crippen LogP contribution in [0.25, 0.3) is 0 Å². The standard InChI is InChI=1S/C15H22N2O4S/c1-20-13-4-2-12(3-5-13)16-14-10-22(18,19)11-15(14)17-6-8-21-9-7-17/h2-5,14-16H,6-11H2,1H3. The summed E-state index contributed by atoms with van der Waals surface area (Å²) in [5.74, 6) is 1.19. The summed E-state index contributed by atoms with van der Waals surface area (Å²) in [7, 11) is -1.37. The van der Waals surface area contributed by atoms with Crippen molar-refractivity contribution in [2.24, 2.45) is 0 Å². The van der Waals surface area contributed by atoms with Crippen molar-refractivity contribution in [3.8, 4) is 5.75 Å². The Morgan fingerprint density at radius 1 is 1.18 bits per heavy atom. The third-order valence-corrected chi connectivity index (χ3v) is 6.00. The molecule has 0 spiro atoms. The molecule has 3 rings (SSSR count). The van der Waals surface area contributed by atoms with Gasteiger partial charge < -0.3 is 14.8 Å². The first-order chi connectivity index (χ1) is 10.6. The third-order valence-electron chi connectivity index (χ3n) is 4.28. The quantitative estimate of drug-likeness (QED) is 0.874. The Bertz CT molecular complexity index is 596. The molecule has 0 aromatic heterocycles. The first-order valence-electron chi connectivity index (χ1n) is 7.50. The molecule has 0 aliphatic carbocycles. The first kappa shape index (κ1) is 15.6. The van der Waals surface area contributed by atoms with Crippen molar-refractivity contribution < 1.29 is 17.9 Å². The molecular weight excluding hydrogens is 304 g/mol. The average Bonchev–Trinajstić information content (AvgIpc) is 2.83. The number of hydrogen-bond donors (Lipinski definition) is 1. The maximum atomic E-state index is 12.1. The highest BCUT2D eigenvalue weighted by atomic mass is 32.2. The Balaban J connectivity index is 1.73. The second-order valence-electron chi connectivity index (χ2n) is 5.77. The maximum absolute atomic E-state index is 12.1. The molecule has 0 radical (unpaired) electrons. The molecule has 2 heterocycles. The molecule has 1 aromatic rings. The molecule has 6 nitrogen and oxygen atoms in total. The lowest BCUT2D eigenvalue weighted by Gasteiger charge is -2.35.